The number of hydrogen-bond acceptors (Lipinski definition) is 3. The van der Waals surface area contributed by atoms with Crippen molar-refractivity contribution >= 4 is 29.0 Å². The Labute approximate surface area is 214 Å². The minimum absolute atomic E-state index is 0.221. The lowest BCUT2D eigenvalue weighted by Crippen LogP contribution is -2.29. The molecule has 3 heterocycles. The molecule has 0 amide bonds. The lowest BCUT2D eigenvalue weighted by Gasteiger charge is -2.28. The van der Waals surface area contributed by atoms with Gasteiger partial charge in [-0.1, -0.05) is 18.2 Å². The van der Waals surface area contributed by atoms with Crippen molar-refractivity contribution in [1.29, 1.82) is 0 Å². The highest BCUT2D eigenvalue weighted by Gasteiger charge is 2.42. The number of aromatic carboxylic acids is 1. The Morgan fingerprint density at radius 1 is 1.06 bits per heavy atom. The highest BCUT2D eigenvalue weighted by molar-refractivity contribution is 7.80. The van der Waals surface area contributed by atoms with Gasteiger partial charge in [0.25, 0.3) is 0 Å². The van der Waals surface area contributed by atoms with Gasteiger partial charge in [-0.05, 0) is 92.6 Å². The Bertz CT molecular complexity index is 1480. The Kier molecular flexibility index (Phi) is 6.05. The van der Waals surface area contributed by atoms with E-state index >= 15 is 0 Å². The number of carboxylic acid groups (broad SMARTS) is 1. The molecule has 0 radical (unpaired) electrons. The molecule has 8 heteroatoms. The van der Waals surface area contributed by atoms with E-state index < -0.39 is 5.97 Å². The molecule has 2 atom stereocenters. The van der Waals surface area contributed by atoms with E-state index in [1.165, 1.54) is 6.07 Å². The summed E-state index contributed by atoms with van der Waals surface area (Å²) in [4.78, 5) is 18.6. The first-order valence-corrected chi connectivity index (χ1v) is 12.0. The molecular formula is C28H25FN4O2S. The van der Waals surface area contributed by atoms with E-state index in [1.54, 1.807) is 37.4 Å². The predicted octanol–water partition coefficient (Wildman–Crippen LogP) is 5.81. The lowest BCUT2D eigenvalue weighted by molar-refractivity contribution is 0.0697. The van der Waals surface area contributed by atoms with E-state index in [0.717, 1.165) is 28.3 Å². The number of aromatic nitrogens is 2. The summed E-state index contributed by atoms with van der Waals surface area (Å²) < 4.78 is 16.1. The smallest absolute Gasteiger partial charge is 0.337 e. The van der Waals surface area contributed by atoms with Gasteiger partial charge in [0, 0.05) is 23.3 Å². The number of thiocarbonyl (C=S) groups is 1. The van der Waals surface area contributed by atoms with Crippen LogP contribution < -0.4 is 10.2 Å². The molecule has 1 aliphatic rings. The van der Waals surface area contributed by atoms with Gasteiger partial charge in [0.15, 0.2) is 5.11 Å². The highest BCUT2D eigenvalue weighted by Crippen LogP contribution is 2.44. The Hall–Kier alpha value is -4.04. The van der Waals surface area contributed by atoms with Crippen LogP contribution in [0.15, 0.2) is 72.9 Å². The second-order valence-electron chi connectivity index (χ2n) is 8.91. The van der Waals surface area contributed by atoms with Crippen molar-refractivity contribution in [2.75, 3.05) is 4.90 Å². The summed E-state index contributed by atoms with van der Waals surface area (Å²) in [6, 6.07) is 19.2. The first-order valence-electron chi connectivity index (χ1n) is 11.6. The predicted molar refractivity (Wildman–Crippen MR) is 141 cm³/mol. The maximum Gasteiger partial charge on any atom is 0.337 e. The molecule has 0 bridgehead atoms. The van der Waals surface area contributed by atoms with E-state index in [0.29, 0.717) is 16.4 Å². The van der Waals surface area contributed by atoms with Crippen LogP contribution >= 0.6 is 12.2 Å². The van der Waals surface area contributed by atoms with Gasteiger partial charge in [-0.2, -0.15) is 0 Å². The van der Waals surface area contributed by atoms with Crippen molar-refractivity contribution < 1.29 is 14.3 Å². The number of pyridine rings is 1. The standard InChI is InChI=1S/C28H25FN4O2S/c1-16-14-19(11-12-22(16)29)33-26(25(31-28(33)36)23-9-6-7-13-30-23)21-15-17(2)32(18(21)3)24-10-5-4-8-20(24)27(34)35/h4-15,25-26H,1-3H3,(H,31,36)(H,34,35)/t25-,26-/m1/s1. The van der Waals surface area contributed by atoms with Gasteiger partial charge in [-0.3, -0.25) is 4.98 Å². The number of halogens is 1. The van der Waals surface area contributed by atoms with E-state index in [9.17, 15) is 14.3 Å². The molecule has 182 valence electrons. The topological polar surface area (TPSA) is 70.4 Å². The van der Waals surface area contributed by atoms with Gasteiger partial charge in [-0.25, -0.2) is 9.18 Å². The molecule has 5 rings (SSSR count). The van der Waals surface area contributed by atoms with Crippen LogP contribution in [0, 0.1) is 26.6 Å². The third kappa shape index (κ3) is 3.93. The molecule has 0 unspecified atom stereocenters. The maximum atomic E-state index is 14.1. The average Bonchev–Trinajstić information content (AvgIpc) is 3.36. The monoisotopic (exact) mass is 500 g/mol. The molecule has 2 N–H and O–H groups in total. The Balaban J connectivity index is 1.71. The number of rotatable bonds is 5. The molecular weight excluding hydrogens is 475 g/mol. The quantitative estimate of drug-likeness (QED) is 0.337. The number of anilines is 1. The fourth-order valence-corrected chi connectivity index (χ4v) is 5.38. The van der Waals surface area contributed by atoms with Crippen molar-refractivity contribution in [3.8, 4) is 5.69 Å². The SMILES string of the molecule is Cc1cc(N2C(=S)N[C@H](c3ccccn3)[C@H]2c2cc(C)n(-c3ccccc3C(=O)O)c2C)ccc1F. The number of para-hydroxylation sites is 1. The molecule has 0 aliphatic carbocycles. The summed E-state index contributed by atoms with van der Waals surface area (Å²) >= 11 is 5.79. The number of hydrogen-bond donors (Lipinski definition) is 2. The van der Waals surface area contributed by atoms with E-state index in [2.05, 4.69) is 16.4 Å². The zero-order valence-corrected chi connectivity index (χ0v) is 20.9. The molecule has 2 aromatic heterocycles. The largest absolute Gasteiger partial charge is 0.478 e. The van der Waals surface area contributed by atoms with Gasteiger partial charge >= 0.3 is 5.97 Å². The van der Waals surface area contributed by atoms with Crippen LogP contribution in [0.2, 0.25) is 0 Å². The van der Waals surface area contributed by atoms with Crippen LogP contribution in [0.25, 0.3) is 5.69 Å². The molecule has 2 aromatic carbocycles. The van der Waals surface area contributed by atoms with Gasteiger partial charge in [0.05, 0.1) is 29.0 Å². The van der Waals surface area contributed by atoms with Gasteiger partial charge in [0.1, 0.15) is 5.82 Å². The molecule has 6 nitrogen and oxygen atoms in total. The van der Waals surface area contributed by atoms with Crippen molar-refractivity contribution in [1.82, 2.24) is 14.9 Å². The summed E-state index contributed by atoms with van der Waals surface area (Å²) in [6.45, 7) is 5.66. The van der Waals surface area contributed by atoms with Crippen molar-refractivity contribution in [3.05, 3.63) is 113 Å². The first kappa shape index (κ1) is 23.7. The van der Waals surface area contributed by atoms with Crippen LogP contribution in [-0.4, -0.2) is 25.7 Å². The lowest BCUT2D eigenvalue weighted by atomic mass is 9.96. The molecule has 36 heavy (non-hydrogen) atoms. The molecule has 1 aliphatic heterocycles. The first-order chi connectivity index (χ1) is 17.3. The molecule has 1 saturated heterocycles. The summed E-state index contributed by atoms with van der Waals surface area (Å²) in [6.07, 6.45) is 1.74. The summed E-state index contributed by atoms with van der Waals surface area (Å²) in [5.41, 5.74) is 5.68. The summed E-state index contributed by atoms with van der Waals surface area (Å²) in [5, 5.41) is 13.7. The second-order valence-corrected chi connectivity index (χ2v) is 9.30. The Morgan fingerprint density at radius 3 is 2.50 bits per heavy atom. The van der Waals surface area contributed by atoms with Gasteiger partial charge in [-0.15, -0.1) is 0 Å². The third-order valence-electron chi connectivity index (χ3n) is 6.68. The van der Waals surface area contributed by atoms with E-state index in [4.69, 9.17) is 12.2 Å². The summed E-state index contributed by atoms with van der Waals surface area (Å²) in [5.74, 6) is -1.27. The van der Waals surface area contributed by atoms with Crippen LogP contribution in [0.5, 0.6) is 0 Å². The van der Waals surface area contributed by atoms with Crippen LogP contribution in [0.4, 0.5) is 10.1 Å². The van der Waals surface area contributed by atoms with Crippen molar-refractivity contribution in [2.24, 2.45) is 0 Å². The number of carbonyl (C=O) groups is 1. The Morgan fingerprint density at radius 2 is 1.81 bits per heavy atom. The number of nitrogens with one attached hydrogen (secondary N) is 1. The van der Waals surface area contributed by atoms with Crippen molar-refractivity contribution in [2.45, 2.75) is 32.9 Å². The van der Waals surface area contributed by atoms with Crippen molar-refractivity contribution in [3.63, 3.8) is 0 Å². The van der Waals surface area contributed by atoms with Gasteiger partial charge in [0.2, 0.25) is 0 Å². The minimum Gasteiger partial charge on any atom is -0.478 e. The normalized spacial score (nSPS) is 17.3. The highest BCUT2D eigenvalue weighted by atomic mass is 32.1. The number of aryl methyl sites for hydroxylation is 2. The van der Waals surface area contributed by atoms with E-state index in [1.807, 2.05) is 53.6 Å². The number of benzene rings is 2. The maximum absolute atomic E-state index is 14.1. The van der Waals surface area contributed by atoms with E-state index in [-0.39, 0.29) is 23.5 Å². The summed E-state index contributed by atoms with van der Waals surface area (Å²) in [7, 11) is 0. The van der Waals surface area contributed by atoms with Crippen LogP contribution in [-0.2, 0) is 0 Å². The molecule has 1 fully saturated rings. The minimum atomic E-state index is -0.988. The number of nitrogens with zero attached hydrogens (tertiary/aromatic N) is 3. The van der Waals surface area contributed by atoms with Crippen LogP contribution in [0.1, 0.15) is 50.7 Å². The fourth-order valence-electron chi connectivity index (χ4n) is 5.03. The zero-order valence-electron chi connectivity index (χ0n) is 20.1. The van der Waals surface area contributed by atoms with Crippen LogP contribution in [0.3, 0.4) is 0 Å². The van der Waals surface area contributed by atoms with Gasteiger partial charge < -0.3 is 19.9 Å². The fraction of sp³-hybridized carbons (Fsp3) is 0.179. The second kappa shape index (κ2) is 9.20. The zero-order chi connectivity index (χ0) is 25.6. The average molecular weight is 501 g/mol. The molecule has 4 aromatic rings. The number of carboxylic acids is 1. The molecule has 0 saturated carbocycles. The molecule has 0 spiro atoms. The third-order valence-corrected chi connectivity index (χ3v) is 7.00.